The van der Waals surface area contributed by atoms with Gasteiger partial charge in [-0.05, 0) is 18.2 Å². The van der Waals surface area contributed by atoms with Crippen LogP contribution in [0.25, 0.3) is 0 Å². The van der Waals surface area contributed by atoms with Crippen molar-refractivity contribution in [3.05, 3.63) is 42.2 Å². The highest BCUT2D eigenvalue weighted by Gasteiger charge is 2.34. The highest BCUT2D eigenvalue weighted by molar-refractivity contribution is 7.99. The smallest absolute Gasteiger partial charge is 0.433 e. The summed E-state index contributed by atoms with van der Waals surface area (Å²) >= 11 is 0.766. The molecule has 0 aliphatic carbocycles. The maximum Gasteiger partial charge on any atom is 0.433 e. The Labute approximate surface area is 155 Å². The van der Waals surface area contributed by atoms with E-state index in [4.69, 9.17) is 10.5 Å². The predicted octanol–water partition coefficient (Wildman–Crippen LogP) is 1.87. The molecule has 2 amide bonds. The molecule has 0 bridgehead atoms. The summed E-state index contributed by atoms with van der Waals surface area (Å²) in [5.41, 5.74) is 4.64. The number of amides is 2. The summed E-state index contributed by atoms with van der Waals surface area (Å²) in [5, 5.41) is -0.175. The Morgan fingerprint density at radius 3 is 2.74 bits per heavy atom. The molecular weight excluding hydrogens is 385 g/mol. The number of primary amides is 1. The minimum absolute atomic E-state index is 0.0881. The summed E-state index contributed by atoms with van der Waals surface area (Å²) in [6.45, 7) is -0.0881. The minimum atomic E-state index is -4.60. The fraction of sp³-hybridized carbons (Fsp3) is 0.250. The van der Waals surface area contributed by atoms with Gasteiger partial charge in [0.25, 0.3) is 5.91 Å². The SMILES string of the molecule is NC(=O)[C@@H]1CN(C(=O)CSc2nccc(C(F)(F)F)n2)c2ccccc2O1. The molecule has 1 atom stereocenters. The van der Waals surface area contributed by atoms with E-state index in [1.165, 1.54) is 4.90 Å². The van der Waals surface area contributed by atoms with Crippen LogP contribution >= 0.6 is 11.8 Å². The first-order chi connectivity index (χ1) is 12.8. The van der Waals surface area contributed by atoms with Gasteiger partial charge in [0.15, 0.2) is 11.3 Å². The van der Waals surface area contributed by atoms with Crippen LogP contribution in [0.3, 0.4) is 0 Å². The third-order valence-corrected chi connectivity index (χ3v) is 4.49. The lowest BCUT2D eigenvalue weighted by atomic mass is 10.2. The molecule has 0 saturated carbocycles. The zero-order chi connectivity index (χ0) is 19.6. The fourth-order valence-corrected chi connectivity index (χ4v) is 3.10. The van der Waals surface area contributed by atoms with Crippen LogP contribution in [0, 0.1) is 0 Å². The summed E-state index contributed by atoms with van der Waals surface area (Å²) in [6, 6.07) is 7.34. The van der Waals surface area contributed by atoms with Crippen LogP contribution in [0.1, 0.15) is 5.69 Å². The average Bonchev–Trinajstić information content (AvgIpc) is 2.64. The molecule has 0 radical (unpaired) electrons. The maximum absolute atomic E-state index is 12.7. The number of carbonyl (C=O) groups excluding carboxylic acids is 2. The van der Waals surface area contributed by atoms with E-state index in [0.717, 1.165) is 24.0 Å². The third-order valence-electron chi connectivity index (χ3n) is 3.64. The molecule has 3 rings (SSSR count). The summed E-state index contributed by atoms with van der Waals surface area (Å²) in [5.74, 6) is -1.07. The number of nitrogens with two attached hydrogens (primary N) is 1. The summed E-state index contributed by atoms with van der Waals surface area (Å²) in [7, 11) is 0. The number of rotatable bonds is 4. The Morgan fingerprint density at radius 1 is 1.30 bits per heavy atom. The molecular formula is C16H13F3N4O3S. The Morgan fingerprint density at radius 2 is 2.04 bits per heavy atom. The number of thioether (sulfide) groups is 1. The van der Waals surface area contributed by atoms with Gasteiger partial charge in [-0.25, -0.2) is 9.97 Å². The predicted molar refractivity (Wildman–Crippen MR) is 90.2 cm³/mol. The van der Waals surface area contributed by atoms with Crippen LogP contribution in [-0.4, -0.2) is 40.2 Å². The standard InChI is InChI=1S/C16H13F3N4O3S/c17-16(18,19)12-5-6-21-15(22-12)27-8-13(24)23-7-11(14(20)25)26-10-4-2-1-3-9(10)23/h1-6,11H,7-8H2,(H2,20,25)/t11-/m0/s1. The van der Waals surface area contributed by atoms with Crippen molar-refractivity contribution in [2.45, 2.75) is 17.4 Å². The molecule has 1 aromatic carbocycles. The van der Waals surface area contributed by atoms with Crippen molar-refractivity contribution >= 4 is 29.3 Å². The first kappa shape index (κ1) is 19.0. The molecule has 1 aromatic heterocycles. The molecule has 11 heteroatoms. The molecule has 1 aliphatic rings. The number of halogens is 3. The zero-order valence-corrected chi connectivity index (χ0v) is 14.5. The molecule has 0 spiro atoms. The van der Waals surface area contributed by atoms with Crippen molar-refractivity contribution in [1.82, 2.24) is 9.97 Å². The number of alkyl halides is 3. The minimum Gasteiger partial charge on any atom is -0.477 e. The Kier molecular flexibility index (Phi) is 5.22. The lowest BCUT2D eigenvalue weighted by Crippen LogP contribution is -2.49. The number of anilines is 1. The molecule has 2 heterocycles. The van der Waals surface area contributed by atoms with Crippen LogP contribution in [0.15, 0.2) is 41.7 Å². The van der Waals surface area contributed by atoms with E-state index in [2.05, 4.69) is 9.97 Å². The maximum atomic E-state index is 12.7. The highest BCUT2D eigenvalue weighted by Crippen LogP contribution is 2.34. The molecule has 2 N–H and O–H groups in total. The molecule has 2 aromatic rings. The van der Waals surface area contributed by atoms with Gasteiger partial charge < -0.3 is 15.4 Å². The second kappa shape index (κ2) is 7.43. The molecule has 142 valence electrons. The average molecular weight is 398 g/mol. The first-order valence-electron chi connectivity index (χ1n) is 7.64. The number of carbonyl (C=O) groups is 2. The number of hydrogen-bond acceptors (Lipinski definition) is 6. The van der Waals surface area contributed by atoms with Gasteiger partial charge in [0.1, 0.15) is 11.4 Å². The number of hydrogen-bond donors (Lipinski definition) is 1. The van der Waals surface area contributed by atoms with Crippen molar-refractivity contribution in [2.75, 3.05) is 17.2 Å². The largest absolute Gasteiger partial charge is 0.477 e. The van der Waals surface area contributed by atoms with E-state index in [0.29, 0.717) is 11.4 Å². The number of benzene rings is 1. The zero-order valence-electron chi connectivity index (χ0n) is 13.6. The van der Waals surface area contributed by atoms with Crippen LogP contribution in [0.2, 0.25) is 0 Å². The molecule has 7 nitrogen and oxygen atoms in total. The van der Waals surface area contributed by atoms with Gasteiger partial charge >= 0.3 is 6.18 Å². The van der Waals surface area contributed by atoms with Crippen LogP contribution < -0.4 is 15.4 Å². The normalized spacial score (nSPS) is 16.4. The van der Waals surface area contributed by atoms with E-state index in [-0.39, 0.29) is 17.5 Å². The van der Waals surface area contributed by atoms with Crippen LogP contribution in [0.5, 0.6) is 5.75 Å². The quantitative estimate of drug-likeness (QED) is 0.624. The Balaban J connectivity index is 1.75. The molecule has 0 fully saturated rings. The van der Waals surface area contributed by atoms with Crippen molar-refractivity contribution in [2.24, 2.45) is 5.73 Å². The molecule has 1 aliphatic heterocycles. The van der Waals surface area contributed by atoms with Gasteiger partial charge in [0.05, 0.1) is 18.0 Å². The van der Waals surface area contributed by atoms with Crippen LogP contribution in [-0.2, 0) is 15.8 Å². The van der Waals surface area contributed by atoms with Gasteiger partial charge in [-0.2, -0.15) is 13.2 Å². The summed E-state index contributed by atoms with van der Waals surface area (Å²) < 4.78 is 43.6. The van der Waals surface area contributed by atoms with Gasteiger partial charge in [0.2, 0.25) is 5.91 Å². The number of aromatic nitrogens is 2. The molecule has 0 saturated heterocycles. The van der Waals surface area contributed by atoms with Gasteiger partial charge in [0, 0.05) is 6.20 Å². The van der Waals surface area contributed by atoms with Crippen molar-refractivity contribution < 1.29 is 27.5 Å². The fourth-order valence-electron chi connectivity index (χ4n) is 2.39. The van der Waals surface area contributed by atoms with E-state index >= 15 is 0 Å². The second-order valence-corrected chi connectivity index (χ2v) is 6.43. The monoisotopic (exact) mass is 398 g/mol. The van der Waals surface area contributed by atoms with Gasteiger partial charge in [-0.1, -0.05) is 23.9 Å². The highest BCUT2D eigenvalue weighted by atomic mass is 32.2. The van der Waals surface area contributed by atoms with Gasteiger partial charge in [-0.3, -0.25) is 9.59 Å². The number of nitrogens with zero attached hydrogens (tertiary/aromatic N) is 3. The second-order valence-electron chi connectivity index (χ2n) is 5.49. The van der Waals surface area contributed by atoms with Crippen LogP contribution in [0.4, 0.5) is 18.9 Å². The lowest BCUT2D eigenvalue weighted by molar-refractivity contribution is -0.141. The number of fused-ring (bicyclic) bond motifs is 1. The third kappa shape index (κ3) is 4.30. The van der Waals surface area contributed by atoms with Gasteiger partial charge in [-0.15, -0.1) is 0 Å². The van der Waals surface area contributed by atoms with E-state index < -0.39 is 29.8 Å². The van der Waals surface area contributed by atoms with E-state index in [1.54, 1.807) is 24.3 Å². The van der Waals surface area contributed by atoms with E-state index in [1.807, 2.05) is 0 Å². The van der Waals surface area contributed by atoms with E-state index in [9.17, 15) is 22.8 Å². The van der Waals surface area contributed by atoms with Crippen molar-refractivity contribution in [3.8, 4) is 5.75 Å². The topological polar surface area (TPSA) is 98.4 Å². The lowest BCUT2D eigenvalue weighted by Gasteiger charge is -2.33. The number of ether oxygens (including phenoxy) is 1. The Bertz CT molecular complexity index is 878. The Hall–Kier alpha value is -2.82. The number of para-hydroxylation sites is 2. The summed E-state index contributed by atoms with van der Waals surface area (Å²) in [6.07, 6.45) is -4.63. The molecule has 0 unspecified atom stereocenters. The van der Waals surface area contributed by atoms with Crippen molar-refractivity contribution in [3.63, 3.8) is 0 Å². The van der Waals surface area contributed by atoms with Crippen molar-refractivity contribution in [1.29, 1.82) is 0 Å². The first-order valence-corrected chi connectivity index (χ1v) is 8.62. The molecule has 27 heavy (non-hydrogen) atoms. The summed E-state index contributed by atoms with van der Waals surface area (Å²) in [4.78, 5) is 32.5.